The number of benzene rings is 1. The van der Waals surface area contributed by atoms with Crippen LogP contribution in [0.4, 0.5) is 8.78 Å². The van der Waals surface area contributed by atoms with Crippen LogP contribution in [0.5, 0.6) is 0 Å². The number of hydrogen-bond acceptors (Lipinski definition) is 2. The van der Waals surface area contributed by atoms with Crippen molar-refractivity contribution < 1.29 is 13.6 Å². The Morgan fingerprint density at radius 3 is 2.84 bits per heavy atom. The van der Waals surface area contributed by atoms with E-state index >= 15 is 0 Å². The molecule has 19 heavy (non-hydrogen) atoms. The lowest BCUT2D eigenvalue weighted by Gasteiger charge is -2.28. The Bertz CT molecular complexity index is 492. The van der Waals surface area contributed by atoms with Gasteiger partial charge < -0.3 is 10.2 Å². The molecule has 2 saturated heterocycles. The van der Waals surface area contributed by atoms with Crippen LogP contribution in [-0.2, 0) is 0 Å². The van der Waals surface area contributed by atoms with E-state index in [-0.39, 0.29) is 23.6 Å². The predicted octanol–water partition coefficient (Wildman–Crippen LogP) is 1.93. The van der Waals surface area contributed by atoms with Gasteiger partial charge in [0.1, 0.15) is 11.6 Å². The van der Waals surface area contributed by atoms with Crippen molar-refractivity contribution in [3.63, 3.8) is 0 Å². The summed E-state index contributed by atoms with van der Waals surface area (Å²) in [6.07, 6.45) is 2.76. The summed E-state index contributed by atoms with van der Waals surface area (Å²) in [5, 5.41) is 3.28. The topological polar surface area (TPSA) is 32.3 Å². The minimum Gasteiger partial charge on any atom is -0.331 e. The van der Waals surface area contributed by atoms with E-state index in [0.29, 0.717) is 0 Å². The van der Waals surface area contributed by atoms with E-state index in [1.54, 1.807) is 4.90 Å². The van der Waals surface area contributed by atoms with Crippen LogP contribution < -0.4 is 5.32 Å². The zero-order chi connectivity index (χ0) is 13.4. The van der Waals surface area contributed by atoms with Crippen molar-refractivity contribution in [2.45, 2.75) is 31.3 Å². The predicted molar refractivity (Wildman–Crippen MR) is 66.8 cm³/mol. The van der Waals surface area contributed by atoms with Gasteiger partial charge in [0.25, 0.3) is 5.91 Å². The summed E-state index contributed by atoms with van der Waals surface area (Å²) >= 11 is 0. The maximum absolute atomic E-state index is 13.7. The van der Waals surface area contributed by atoms with E-state index in [2.05, 4.69) is 5.32 Å². The third kappa shape index (κ3) is 2.23. The minimum absolute atomic E-state index is 0.0997. The molecule has 2 atom stereocenters. The highest BCUT2D eigenvalue weighted by molar-refractivity contribution is 5.95. The van der Waals surface area contributed by atoms with Crippen LogP contribution in [0.3, 0.4) is 0 Å². The molecule has 102 valence electrons. The van der Waals surface area contributed by atoms with Gasteiger partial charge in [-0.2, -0.15) is 0 Å². The van der Waals surface area contributed by atoms with Gasteiger partial charge in [-0.1, -0.05) is 0 Å². The molecule has 1 aromatic carbocycles. The van der Waals surface area contributed by atoms with Gasteiger partial charge in [0.2, 0.25) is 0 Å². The Morgan fingerprint density at radius 2 is 2.00 bits per heavy atom. The Labute approximate surface area is 110 Å². The molecule has 2 bridgehead atoms. The number of rotatable bonds is 1. The minimum atomic E-state index is -0.650. The Morgan fingerprint density at radius 1 is 1.21 bits per heavy atom. The van der Waals surface area contributed by atoms with Crippen LogP contribution >= 0.6 is 0 Å². The number of amides is 1. The lowest BCUT2D eigenvalue weighted by Crippen LogP contribution is -2.42. The zero-order valence-corrected chi connectivity index (χ0v) is 10.5. The molecular formula is C14H16F2N2O. The summed E-state index contributed by atoms with van der Waals surface area (Å²) in [4.78, 5) is 14.2. The highest BCUT2D eigenvalue weighted by atomic mass is 19.1. The summed E-state index contributed by atoms with van der Waals surface area (Å²) in [6.45, 7) is 1.61. The fourth-order valence-corrected chi connectivity index (χ4v) is 3.11. The SMILES string of the molecule is O=C(c1cc(F)ccc1F)N1C2CCNCC1CC2. The van der Waals surface area contributed by atoms with Gasteiger partial charge in [-0.05, 0) is 44.0 Å². The average Bonchev–Trinajstić information content (AvgIpc) is 2.65. The Kier molecular flexibility index (Phi) is 3.22. The number of halogens is 2. The molecule has 2 unspecified atom stereocenters. The molecular weight excluding hydrogens is 250 g/mol. The average molecular weight is 266 g/mol. The van der Waals surface area contributed by atoms with E-state index in [0.717, 1.165) is 50.6 Å². The maximum Gasteiger partial charge on any atom is 0.257 e. The summed E-state index contributed by atoms with van der Waals surface area (Å²) in [5.41, 5.74) is -0.154. The van der Waals surface area contributed by atoms with Crippen molar-refractivity contribution in [1.29, 1.82) is 0 Å². The molecule has 1 N–H and O–H groups in total. The summed E-state index contributed by atoms with van der Waals surface area (Å²) in [5.74, 6) is -1.61. The molecule has 0 saturated carbocycles. The first kappa shape index (κ1) is 12.5. The Balaban J connectivity index is 1.93. The lowest BCUT2D eigenvalue weighted by atomic mass is 10.1. The van der Waals surface area contributed by atoms with E-state index in [9.17, 15) is 13.6 Å². The van der Waals surface area contributed by atoms with Crippen molar-refractivity contribution in [1.82, 2.24) is 10.2 Å². The molecule has 3 nitrogen and oxygen atoms in total. The first-order valence-electron chi connectivity index (χ1n) is 6.65. The van der Waals surface area contributed by atoms with Crippen LogP contribution in [0.2, 0.25) is 0 Å². The molecule has 2 heterocycles. The van der Waals surface area contributed by atoms with Crippen LogP contribution in [0, 0.1) is 11.6 Å². The quantitative estimate of drug-likeness (QED) is 0.842. The molecule has 5 heteroatoms. The van der Waals surface area contributed by atoms with Gasteiger partial charge in [-0.3, -0.25) is 4.79 Å². The fourth-order valence-electron chi connectivity index (χ4n) is 3.11. The van der Waals surface area contributed by atoms with E-state index in [1.165, 1.54) is 0 Å². The number of nitrogens with zero attached hydrogens (tertiary/aromatic N) is 1. The Hall–Kier alpha value is -1.49. The van der Waals surface area contributed by atoms with Crippen LogP contribution in [0.1, 0.15) is 29.6 Å². The second-order valence-electron chi connectivity index (χ2n) is 5.21. The fraction of sp³-hybridized carbons (Fsp3) is 0.500. The molecule has 2 fully saturated rings. The molecule has 0 radical (unpaired) electrons. The molecule has 0 spiro atoms. The van der Waals surface area contributed by atoms with Crippen molar-refractivity contribution in [3.05, 3.63) is 35.4 Å². The summed E-state index contributed by atoms with van der Waals surface area (Å²) in [6, 6.07) is 3.29. The normalized spacial score (nSPS) is 26.3. The zero-order valence-electron chi connectivity index (χ0n) is 10.5. The third-order valence-electron chi connectivity index (χ3n) is 4.05. The number of nitrogens with one attached hydrogen (secondary N) is 1. The second-order valence-corrected chi connectivity index (χ2v) is 5.21. The van der Waals surface area contributed by atoms with E-state index < -0.39 is 11.6 Å². The highest BCUT2D eigenvalue weighted by Crippen LogP contribution is 2.30. The summed E-state index contributed by atoms with van der Waals surface area (Å²) in [7, 11) is 0. The summed E-state index contributed by atoms with van der Waals surface area (Å²) < 4.78 is 26.9. The monoisotopic (exact) mass is 266 g/mol. The van der Waals surface area contributed by atoms with Crippen molar-refractivity contribution >= 4 is 5.91 Å². The van der Waals surface area contributed by atoms with Gasteiger partial charge in [0, 0.05) is 18.6 Å². The van der Waals surface area contributed by atoms with E-state index in [4.69, 9.17) is 0 Å². The first-order chi connectivity index (χ1) is 9.16. The lowest BCUT2D eigenvalue weighted by molar-refractivity contribution is 0.0675. The standard InChI is InChI=1S/C14H16F2N2O/c15-9-1-4-13(16)12(7-9)14(19)18-10-2-3-11(18)8-17-6-5-10/h1,4,7,10-11,17H,2-3,5-6,8H2. The second kappa shape index (κ2) is 4.89. The van der Waals surface area contributed by atoms with Gasteiger partial charge in [-0.25, -0.2) is 8.78 Å². The first-order valence-corrected chi connectivity index (χ1v) is 6.65. The number of carbonyl (C=O) groups excluding carboxylic acids is 1. The molecule has 1 aromatic rings. The van der Waals surface area contributed by atoms with E-state index in [1.807, 2.05) is 0 Å². The molecule has 1 amide bonds. The number of carbonyl (C=O) groups is 1. The smallest absolute Gasteiger partial charge is 0.257 e. The van der Waals surface area contributed by atoms with Crippen LogP contribution in [-0.4, -0.2) is 36.0 Å². The van der Waals surface area contributed by atoms with Gasteiger partial charge in [-0.15, -0.1) is 0 Å². The number of hydrogen-bond donors (Lipinski definition) is 1. The van der Waals surface area contributed by atoms with Gasteiger partial charge in [0.05, 0.1) is 5.56 Å². The highest BCUT2D eigenvalue weighted by Gasteiger charge is 2.39. The third-order valence-corrected chi connectivity index (χ3v) is 4.05. The number of fused-ring (bicyclic) bond motifs is 2. The molecule has 0 aromatic heterocycles. The van der Waals surface area contributed by atoms with Gasteiger partial charge in [0.15, 0.2) is 0 Å². The van der Waals surface area contributed by atoms with Crippen LogP contribution in [0.25, 0.3) is 0 Å². The molecule has 2 aliphatic heterocycles. The largest absolute Gasteiger partial charge is 0.331 e. The van der Waals surface area contributed by atoms with Crippen LogP contribution in [0.15, 0.2) is 18.2 Å². The van der Waals surface area contributed by atoms with Crippen molar-refractivity contribution in [3.8, 4) is 0 Å². The van der Waals surface area contributed by atoms with Gasteiger partial charge >= 0.3 is 0 Å². The van der Waals surface area contributed by atoms with Crippen molar-refractivity contribution in [2.24, 2.45) is 0 Å². The molecule has 3 rings (SSSR count). The maximum atomic E-state index is 13.7. The molecule has 0 aliphatic carbocycles. The van der Waals surface area contributed by atoms with Crippen molar-refractivity contribution in [2.75, 3.05) is 13.1 Å². The molecule has 2 aliphatic rings.